The first-order valence-electron chi connectivity index (χ1n) is 7.14. The van der Waals surface area contributed by atoms with Gasteiger partial charge in [0.2, 0.25) is 0 Å². The van der Waals surface area contributed by atoms with E-state index in [4.69, 9.17) is 6.42 Å². The van der Waals surface area contributed by atoms with E-state index in [1.54, 1.807) is 0 Å². The SMILES string of the molecule is C#Cc1ccc(C2(O)CC3CCCC(C2)N3C)cc1. The Morgan fingerprint density at radius 2 is 1.79 bits per heavy atom. The second-order valence-corrected chi connectivity index (χ2v) is 6.07. The Balaban J connectivity index is 1.88. The van der Waals surface area contributed by atoms with Gasteiger partial charge in [0, 0.05) is 17.6 Å². The van der Waals surface area contributed by atoms with Crippen molar-refractivity contribution in [1.29, 1.82) is 0 Å². The van der Waals surface area contributed by atoms with E-state index < -0.39 is 5.60 Å². The number of rotatable bonds is 1. The summed E-state index contributed by atoms with van der Waals surface area (Å²) in [6, 6.07) is 8.89. The molecule has 2 saturated heterocycles. The second-order valence-electron chi connectivity index (χ2n) is 6.07. The molecule has 0 amide bonds. The molecule has 1 aromatic carbocycles. The highest BCUT2D eigenvalue weighted by Crippen LogP contribution is 2.43. The van der Waals surface area contributed by atoms with E-state index in [1.807, 2.05) is 24.3 Å². The fourth-order valence-electron chi connectivity index (χ4n) is 3.76. The maximum Gasteiger partial charge on any atom is 0.0926 e. The summed E-state index contributed by atoms with van der Waals surface area (Å²) in [4.78, 5) is 2.47. The summed E-state index contributed by atoms with van der Waals surface area (Å²) in [5, 5.41) is 11.1. The Morgan fingerprint density at radius 3 is 2.32 bits per heavy atom. The average molecular weight is 255 g/mol. The first-order valence-corrected chi connectivity index (χ1v) is 7.14. The molecule has 2 atom stereocenters. The van der Waals surface area contributed by atoms with E-state index >= 15 is 0 Å². The molecule has 2 unspecified atom stereocenters. The lowest BCUT2D eigenvalue weighted by atomic mass is 9.73. The lowest BCUT2D eigenvalue weighted by Crippen LogP contribution is -2.55. The lowest BCUT2D eigenvalue weighted by molar-refractivity contribution is -0.0874. The summed E-state index contributed by atoms with van der Waals surface area (Å²) in [5.74, 6) is 2.63. The van der Waals surface area contributed by atoms with E-state index in [1.165, 1.54) is 19.3 Å². The van der Waals surface area contributed by atoms with Gasteiger partial charge >= 0.3 is 0 Å². The molecule has 2 heteroatoms. The van der Waals surface area contributed by atoms with Crippen molar-refractivity contribution in [3.8, 4) is 12.3 Å². The van der Waals surface area contributed by atoms with Crippen molar-refractivity contribution in [3.63, 3.8) is 0 Å². The molecule has 2 aliphatic rings. The number of benzene rings is 1. The standard InChI is InChI=1S/C17H21NO/c1-3-13-7-9-14(10-8-13)17(19)11-15-5-4-6-16(12-17)18(15)2/h1,7-10,15-16,19H,4-6,11-12H2,2H3. The summed E-state index contributed by atoms with van der Waals surface area (Å²) in [6.07, 6.45) is 10.8. The number of piperidine rings is 2. The highest BCUT2D eigenvalue weighted by Gasteiger charge is 2.44. The Morgan fingerprint density at radius 1 is 1.21 bits per heavy atom. The molecule has 2 aliphatic heterocycles. The van der Waals surface area contributed by atoms with Crippen LogP contribution in [0, 0.1) is 12.3 Å². The van der Waals surface area contributed by atoms with Crippen LogP contribution in [0.4, 0.5) is 0 Å². The van der Waals surface area contributed by atoms with Gasteiger partial charge in [-0.3, -0.25) is 0 Å². The average Bonchev–Trinajstić information content (AvgIpc) is 2.41. The quantitative estimate of drug-likeness (QED) is 0.779. The van der Waals surface area contributed by atoms with Crippen LogP contribution in [-0.4, -0.2) is 29.1 Å². The van der Waals surface area contributed by atoms with Crippen molar-refractivity contribution in [2.75, 3.05) is 7.05 Å². The van der Waals surface area contributed by atoms with Gasteiger partial charge < -0.3 is 10.0 Å². The van der Waals surface area contributed by atoms with E-state index in [9.17, 15) is 5.11 Å². The highest BCUT2D eigenvalue weighted by molar-refractivity contribution is 5.36. The number of fused-ring (bicyclic) bond motifs is 2. The zero-order valence-electron chi connectivity index (χ0n) is 11.5. The van der Waals surface area contributed by atoms with Crippen LogP contribution in [0.1, 0.15) is 43.2 Å². The highest BCUT2D eigenvalue weighted by atomic mass is 16.3. The van der Waals surface area contributed by atoms with Crippen molar-refractivity contribution >= 4 is 0 Å². The molecule has 0 radical (unpaired) electrons. The fourth-order valence-corrected chi connectivity index (χ4v) is 3.76. The summed E-state index contributed by atoms with van der Waals surface area (Å²) in [6.45, 7) is 0. The molecule has 19 heavy (non-hydrogen) atoms. The molecule has 0 spiro atoms. The summed E-state index contributed by atoms with van der Waals surface area (Å²) < 4.78 is 0. The lowest BCUT2D eigenvalue weighted by Gasteiger charge is -2.50. The first-order chi connectivity index (χ1) is 9.12. The molecule has 0 aliphatic carbocycles. The topological polar surface area (TPSA) is 23.5 Å². The predicted molar refractivity (Wildman–Crippen MR) is 76.7 cm³/mol. The van der Waals surface area contributed by atoms with Crippen molar-refractivity contribution < 1.29 is 5.11 Å². The minimum atomic E-state index is -0.671. The smallest absolute Gasteiger partial charge is 0.0926 e. The maximum atomic E-state index is 11.1. The van der Waals surface area contributed by atoms with Crippen LogP contribution in [0.15, 0.2) is 24.3 Å². The molecule has 2 nitrogen and oxygen atoms in total. The zero-order valence-corrected chi connectivity index (χ0v) is 11.5. The summed E-state index contributed by atoms with van der Waals surface area (Å²) in [7, 11) is 2.20. The van der Waals surface area contributed by atoms with Crippen LogP contribution in [0.2, 0.25) is 0 Å². The minimum absolute atomic E-state index is 0.518. The Bertz CT molecular complexity index is 485. The molecular formula is C17H21NO. The van der Waals surface area contributed by atoms with E-state index in [0.29, 0.717) is 12.1 Å². The zero-order chi connectivity index (χ0) is 13.5. The van der Waals surface area contributed by atoms with Gasteiger partial charge in [0.1, 0.15) is 0 Å². The number of aliphatic hydroxyl groups is 1. The van der Waals surface area contributed by atoms with E-state index in [0.717, 1.165) is 24.0 Å². The Hall–Kier alpha value is -1.30. The number of nitrogens with zero attached hydrogens (tertiary/aromatic N) is 1. The van der Waals surface area contributed by atoms with Gasteiger partial charge in [-0.05, 0) is 50.4 Å². The third-order valence-electron chi connectivity index (χ3n) is 4.96. The number of hydrogen-bond donors (Lipinski definition) is 1. The normalized spacial score (nSPS) is 34.8. The van der Waals surface area contributed by atoms with Gasteiger partial charge in [-0.15, -0.1) is 6.42 Å². The van der Waals surface area contributed by atoms with Crippen molar-refractivity contribution in [2.45, 2.75) is 49.8 Å². The number of hydrogen-bond acceptors (Lipinski definition) is 2. The number of terminal acetylenes is 1. The molecule has 100 valence electrons. The molecule has 0 saturated carbocycles. The molecule has 2 bridgehead atoms. The van der Waals surface area contributed by atoms with Gasteiger partial charge in [0.25, 0.3) is 0 Å². The van der Waals surface area contributed by atoms with Crippen LogP contribution in [0.5, 0.6) is 0 Å². The molecule has 1 aromatic rings. The monoisotopic (exact) mass is 255 g/mol. The van der Waals surface area contributed by atoms with Crippen LogP contribution in [0.25, 0.3) is 0 Å². The van der Waals surface area contributed by atoms with Gasteiger partial charge in [0.05, 0.1) is 5.60 Å². The molecule has 1 N–H and O–H groups in total. The third-order valence-corrected chi connectivity index (χ3v) is 4.96. The summed E-state index contributed by atoms with van der Waals surface area (Å²) >= 11 is 0. The van der Waals surface area contributed by atoms with Crippen LogP contribution in [0.3, 0.4) is 0 Å². The molecular weight excluding hydrogens is 234 g/mol. The van der Waals surface area contributed by atoms with Crippen LogP contribution in [-0.2, 0) is 5.60 Å². The van der Waals surface area contributed by atoms with Gasteiger partial charge in [-0.2, -0.15) is 0 Å². The molecule has 0 aromatic heterocycles. The van der Waals surface area contributed by atoms with Crippen LogP contribution >= 0.6 is 0 Å². The van der Waals surface area contributed by atoms with Crippen LogP contribution < -0.4 is 0 Å². The maximum absolute atomic E-state index is 11.1. The first kappa shape index (κ1) is 12.7. The van der Waals surface area contributed by atoms with Crippen molar-refractivity contribution in [1.82, 2.24) is 4.90 Å². The largest absolute Gasteiger partial charge is 0.385 e. The Labute approximate surface area is 115 Å². The Kier molecular flexibility index (Phi) is 3.12. The van der Waals surface area contributed by atoms with Crippen molar-refractivity contribution in [2.24, 2.45) is 0 Å². The summed E-state index contributed by atoms with van der Waals surface area (Å²) in [5.41, 5.74) is 1.23. The molecule has 3 rings (SSSR count). The van der Waals surface area contributed by atoms with E-state index in [2.05, 4.69) is 17.9 Å². The third kappa shape index (κ3) is 2.18. The van der Waals surface area contributed by atoms with Gasteiger partial charge in [0.15, 0.2) is 0 Å². The predicted octanol–water partition coefficient (Wildman–Crippen LogP) is 2.50. The molecule has 2 heterocycles. The minimum Gasteiger partial charge on any atom is -0.385 e. The van der Waals surface area contributed by atoms with Gasteiger partial charge in [-0.1, -0.05) is 24.5 Å². The molecule has 2 fully saturated rings. The fraction of sp³-hybridized carbons (Fsp3) is 0.529. The van der Waals surface area contributed by atoms with E-state index in [-0.39, 0.29) is 0 Å². The van der Waals surface area contributed by atoms with Crippen molar-refractivity contribution in [3.05, 3.63) is 35.4 Å². The second kappa shape index (κ2) is 4.67. The van der Waals surface area contributed by atoms with Gasteiger partial charge in [-0.25, -0.2) is 0 Å².